The van der Waals surface area contributed by atoms with Crippen LogP contribution in [0.1, 0.15) is 12.0 Å². The highest BCUT2D eigenvalue weighted by atomic mass is 16.5. The van der Waals surface area contributed by atoms with Crippen molar-refractivity contribution in [1.29, 1.82) is 5.26 Å². The number of nitrogens with zero attached hydrogens (tertiary/aromatic N) is 1. The molecule has 3 heteroatoms. The standard InChI is InChI=1S/C15H14N2O/c16-9-11-5-6-15(18-12-7-8-17-10-12)14-4-2-1-3-13(11)14/h1-6,12,17H,7-8,10H2. The van der Waals surface area contributed by atoms with Gasteiger partial charge in [0.15, 0.2) is 0 Å². The van der Waals surface area contributed by atoms with E-state index in [0.29, 0.717) is 5.56 Å². The first kappa shape index (κ1) is 11.1. The number of nitrogens with one attached hydrogen (secondary N) is 1. The largest absolute Gasteiger partial charge is 0.488 e. The molecule has 1 unspecified atom stereocenters. The van der Waals surface area contributed by atoms with E-state index in [1.807, 2.05) is 36.4 Å². The third-order valence-electron chi connectivity index (χ3n) is 3.31. The maximum atomic E-state index is 9.11. The molecule has 0 aromatic heterocycles. The average Bonchev–Trinajstić information content (AvgIpc) is 2.92. The fraction of sp³-hybridized carbons (Fsp3) is 0.267. The van der Waals surface area contributed by atoms with E-state index in [4.69, 9.17) is 10.00 Å². The Hall–Kier alpha value is -2.05. The molecule has 1 heterocycles. The third-order valence-corrected chi connectivity index (χ3v) is 3.31. The van der Waals surface area contributed by atoms with Gasteiger partial charge in [-0.2, -0.15) is 5.26 Å². The van der Waals surface area contributed by atoms with Crippen LogP contribution in [0.25, 0.3) is 10.8 Å². The molecule has 18 heavy (non-hydrogen) atoms. The van der Waals surface area contributed by atoms with Crippen LogP contribution in [0.4, 0.5) is 0 Å². The van der Waals surface area contributed by atoms with Crippen LogP contribution in [-0.2, 0) is 0 Å². The Morgan fingerprint density at radius 3 is 2.72 bits per heavy atom. The topological polar surface area (TPSA) is 45.0 Å². The number of hydrogen-bond donors (Lipinski definition) is 1. The van der Waals surface area contributed by atoms with E-state index in [1.165, 1.54) is 0 Å². The first-order valence-corrected chi connectivity index (χ1v) is 6.18. The Labute approximate surface area is 106 Å². The number of nitriles is 1. The van der Waals surface area contributed by atoms with Crippen LogP contribution in [0.2, 0.25) is 0 Å². The molecule has 2 aromatic rings. The highest BCUT2D eigenvalue weighted by Crippen LogP contribution is 2.29. The molecule has 0 amide bonds. The van der Waals surface area contributed by atoms with Gasteiger partial charge in [0.1, 0.15) is 11.9 Å². The number of hydrogen-bond acceptors (Lipinski definition) is 3. The second-order valence-electron chi connectivity index (χ2n) is 4.50. The van der Waals surface area contributed by atoms with Gasteiger partial charge < -0.3 is 10.1 Å². The van der Waals surface area contributed by atoms with Crippen molar-refractivity contribution >= 4 is 10.8 Å². The van der Waals surface area contributed by atoms with Crippen LogP contribution in [0.15, 0.2) is 36.4 Å². The van der Waals surface area contributed by atoms with Crippen molar-refractivity contribution in [1.82, 2.24) is 5.32 Å². The van der Waals surface area contributed by atoms with Gasteiger partial charge in [-0.25, -0.2) is 0 Å². The van der Waals surface area contributed by atoms with Crippen molar-refractivity contribution in [3.05, 3.63) is 42.0 Å². The molecule has 1 N–H and O–H groups in total. The molecule has 0 aliphatic carbocycles. The smallest absolute Gasteiger partial charge is 0.127 e. The summed E-state index contributed by atoms with van der Waals surface area (Å²) in [7, 11) is 0. The second-order valence-corrected chi connectivity index (χ2v) is 4.50. The van der Waals surface area contributed by atoms with Gasteiger partial charge in [-0.3, -0.25) is 0 Å². The van der Waals surface area contributed by atoms with Crippen LogP contribution < -0.4 is 10.1 Å². The minimum atomic E-state index is 0.237. The van der Waals surface area contributed by atoms with Crippen molar-refractivity contribution in [3.63, 3.8) is 0 Å². The Kier molecular flexibility index (Phi) is 2.87. The first-order valence-electron chi connectivity index (χ1n) is 6.18. The van der Waals surface area contributed by atoms with Crippen LogP contribution in [0.5, 0.6) is 5.75 Å². The molecule has 1 atom stereocenters. The van der Waals surface area contributed by atoms with Crippen molar-refractivity contribution < 1.29 is 4.74 Å². The lowest BCUT2D eigenvalue weighted by atomic mass is 10.0. The number of ether oxygens (including phenoxy) is 1. The van der Waals surface area contributed by atoms with E-state index in [9.17, 15) is 0 Å². The lowest BCUT2D eigenvalue weighted by molar-refractivity contribution is 0.226. The van der Waals surface area contributed by atoms with Gasteiger partial charge in [0.2, 0.25) is 0 Å². The third kappa shape index (κ3) is 1.92. The molecule has 2 aromatic carbocycles. The molecule has 90 valence electrons. The summed E-state index contributed by atoms with van der Waals surface area (Å²) in [5, 5.41) is 14.4. The maximum Gasteiger partial charge on any atom is 0.127 e. The van der Waals surface area contributed by atoms with Gasteiger partial charge in [-0.1, -0.05) is 24.3 Å². The van der Waals surface area contributed by atoms with E-state index in [2.05, 4.69) is 11.4 Å². The summed E-state index contributed by atoms with van der Waals surface area (Å²) in [6, 6.07) is 13.9. The number of fused-ring (bicyclic) bond motifs is 1. The Morgan fingerprint density at radius 1 is 1.17 bits per heavy atom. The lowest BCUT2D eigenvalue weighted by Gasteiger charge is -2.15. The quantitative estimate of drug-likeness (QED) is 0.874. The Balaban J connectivity index is 2.04. The molecular formula is C15H14N2O. The van der Waals surface area contributed by atoms with Crippen LogP contribution in [0, 0.1) is 11.3 Å². The van der Waals surface area contributed by atoms with Crippen LogP contribution >= 0.6 is 0 Å². The molecule has 0 radical (unpaired) electrons. The average molecular weight is 238 g/mol. The summed E-state index contributed by atoms with van der Waals surface area (Å²) in [5.74, 6) is 0.873. The molecule has 0 spiro atoms. The summed E-state index contributed by atoms with van der Waals surface area (Å²) in [4.78, 5) is 0. The summed E-state index contributed by atoms with van der Waals surface area (Å²) in [6.45, 7) is 1.91. The highest BCUT2D eigenvalue weighted by molar-refractivity contribution is 5.92. The monoisotopic (exact) mass is 238 g/mol. The van der Waals surface area contributed by atoms with Gasteiger partial charge in [0.25, 0.3) is 0 Å². The predicted molar refractivity (Wildman–Crippen MR) is 70.6 cm³/mol. The molecule has 1 fully saturated rings. The number of benzene rings is 2. The zero-order chi connectivity index (χ0) is 12.4. The lowest BCUT2D eigenvalue weighted by Crippen LogP contribution is -2.19. The van der Waals surface area contributed by atoms with Gasteiger partial charge in [0.05, 0.1) is 11.6 Å². The summed E-state index contributed by atoms with van der Waals surface area (Å²) in [5.41, 5.74) is 0.697. The fourth-order valence-electron chi connectivity index (χ4n) is 2.38. The number of rotatable bonds is 2. The van der Waals surface area contributed by atoms with E-state index >= 15 is 0 Å². The first-order chi connectivity index (χ1) is 8.88. The van der Waals surface area contributed by atoms with Gasteiger partial charge in [-0.05, 0) is 25.1 Å². The molecule has 1 saturated heterocycles. The van der Waals surface area contributed by atoms with E-state index in [1.54, 1.807) is 0 Å². The minimum absolute atomic E-state index is 0.237. The normalized spacial score (nSPS) is 18.7. The molecule has 0 bridgehead atoms. The van der Waals surface area contributed by atoms with Crippen molar-refractivity contribution in [2.45, 2.75) is 12.5 Å². The van der Waals surface area contributed by atoms with E-state index < -0.39 is 0 Å². The molecule has 3 nitrogen and oxygen atoms in total. The minimum Gasteiger partial charge on any atom is -0.488 e. The summed E-state index contributed by atoms with van der Waals surface area (Å²) in [6.07, 6.45) is 1.27. The summed E-state index contributed by atoms with van der Waals surface area (Å²) >= 11 is 0. The zero-order valence-electron chi connectivity index (χ0n) is 10.0. The van der Waals surface area contributed by atoms with Gasteiger partial charge in [0, 0.05) is 17.3 Å². The second kappa shape index (κ2) is 4.67. The van der Waals surface area contributed by atoms with E-state index in [0.717, 1.165) is 36.0 Å². The highest BCUT2D eigenvalue weighted by Gasteiger charge is 2.17. The predicted octanol–water partition coefficient (Wildman–Crippen LogP) is 2.45. The Bertz CT molecular complexity index is 609. The van der Waals surface area contributed by atoms with Crippen LogP contribution in [-0.4, -0.2) is 19.2 Å². The van der Waals surface area contributed by atoms with Crippen molar-refractivity contribution in [2.24, 2.45) is 0 Å². The molecule has 0 saturated carbocycles. The molecule has 1 aliphatic rings. The fourth-order valence-corrected chi connectivity index (χ4v) is 2.38. The van der Waals surface area contributed by atoms with Gasteiger partial charge >= 0.3 is 0 Å². The summed E-state index contributed by atoms with van der Waals surface area (Å²) < 4.78 is 6.02. The molecular weight excluding hydrogens is 224 g/mol. The molecule has 1 aliphatic heterocycles. The van der Waals surface area contributed by atoms with Crippen LogP contribution in [0.3, 0.4) is 0 Å². The van der Waals surface area contributed by atoms with E-state index in [-0.39, 0.29) is 6.10 Å². The zero-order valence-corrected chi connectivity index (χ0v) is 10.0. The Morgan fingerprint density at radius 2 is 2.00 bits per heavy atom. The molecule has 3 rings (SSSR count). The van der Waals surface area contributed by atoms with Crippen molar-refractivity contribution in [2.75, 3.05) is 13.1 Å². The SMILES string of the molecule is N#Cc1ccc(OC2CCNC2)c2ccccc12. The van der Waals surface area contributed by atoms with Gasteiger partial charge in [-0.15, -0.1) is 0 Å². The van der Waals surface area contributed by atoms with Crippen molar-refractivity contribution in [3.8, 4) is 11.8 Å². The maximum absolute atomic E-state index is 9.11.